The van der Waals surface area contributed by atoms with Crippen molar-refractivity contribution in [1.82, 2.24) is 0 Å². The molecule has 1 aromatic rings. The van der Waals surface area contributed by atoms with Gasteiger partial charge in [0.05, 0.1) is 5.69 Å². The van der Waals surface area contributed by atoms with Crippen LogP contribution in [0.25, 0.3) is 0 Å². The van der Waals surface area contributed by atoms with Crippen molar-refractivity contribution in [2.24, 2.45) is 5.73 Å². The van der Waals surface area contributed by atoms with Crippen LogP contribution >= 0.6 is 12.6 Å². The van der Waals surface area contributed by atoms with Crippen LogP contribution in [0.15, 0.2) is 18.2 Å². The zero-order valence-corrected chi connectivity index (χ0v) is 11.2. The molecule has 1 heterocycles. The van der Waals surface area contributed by atoms with E-state index in [0.29, 0.717) is 13.1 Å². The molecular formula is C13H18N2O2S. The van der Waals surface area contributed by atoms with E-state index in [1.807, 2.05) is 18.2 Å². The Morgan fingerprint density at radius 1 is 1.44 bits per heavy atom. The van der Waals surface area contributed by atoms with E-state index in [9.17, 15) is 4.79 Å². The Hall–Kier alpha value is -1.20. The van der Waals surface area contributed by atoms with Crippen LogP contribution in [-0.2, 0) is 11.2 Å². The van der Waals surface area contributed by atoms with Crippen molar-refractivity contribution < 1.29 is 9.53 Å². The summed E-state index contributed by atoms with van der Waals surface area (Å²) in [5.41, 5.74) is 7.55. The number of anilines is 1. The van der Waals surface area contributed by atoms with Gasteiger partial charge in [0.25, 0.3) is 5.91 Å². The van der Waals surface area contributed by atoms with Crippen molar-refractivity contribution in [2.45, 2.75) is 12.8 Å². The van der Waals surface area contributed by atoms with Gasteiger partial charge in [-0.05, 0) is 42.8 Å². The van der Waals surface area contributed by atoms with Crippen LogP contribution in [0, 0.1) is 0 Å². The smallest absolute Gasteiger partial charge is 0.265 e. The van der Waals surface area contributed by atoms with Crippen molar-refractivity contribution in [3.05, 3.63) is 23.8 Å². The molecule has 5 heteroatoms. The summed E-state index contributed by atoms with van der Waals surface area (Å²) in [6.45, 7) is 1.41. The van der Waals surface area contributed by atoms with E-state index < -0.39 is 0 Å². The number of hydrogen-bond donors (Lipinski definition) is 2. The summed E-state index contributed by atoms with van der Waals surface area (Å²) in [5, 5.41) is 0. The Bertz CT molecular complexity index is 437. The monoisotopic (exact) mass is 266 g/mol. The molecule has 0 atom stereocenters. The zero-order chi connectivity index (χ0) is 13.0. The van der Waals surface area contributed by atoms with Gasteiger partial charge in [0.2, 0.25) is 0 Å². The minimum Gasteiger partial charge on any atom is -0.482 e. The molecule has 0 radical (unpaired) electrons. The number of hydrogen-bond acceptors (Lipinski definition) is 4. The Kier molecular flexibility index (Phi) is 4.49. The summed E-state index contributed by atoms with van der Waals surface area (Å²) >= 11 is 4.19. The number of benzene rings is 1. The lowest BCUT2D eigenvalue weighted by Crippen LogP contribution is -2.39. The third-order valence-corrected chi connectivity index (χ3v) is 3.26. The highest BCUT2D eigenvalue weighted by atomic mass is 32.1. The van der Waals surface area contributed by atoms with E-state index in [1.54, 1.807) is 4.90 Å². The van der Waals surface area contributed by atoms with Gasteiger partial charge in [-0.3, -0.25) is 4.79 Å². The van der Waals surface area contributed by atoms with Gasteiger partial charge in [-0.25, -0.2) is 0 Å². The molecule has 4 nitrogen and oxygen atoms in total. The predicted octanol–water partition coefficient (Wildman–Crippen LogP) is 1.23. The minimum absolute atomic E-state index is 0.00850. The molecule has 1 amide bonds. The lowest BCUT2D eigenvalue weighted by atomic mass is 10.1. The van der Waals surface area contributed by atoms with Gasteiger partial charge in [-0.1, -0.05) is 6.07 Å². The summed E-state index contributed by atoms with van der Waals surface area (Å²) < 4.78 is 5.44. The molecule has 0 saturated carbocycles. The SMILES string of the molecule is NCCc1ccc2c(c1)N(CCCS)C(=O)CO2. The second kappa shape index (κ2) is 6.11. The molecule has 18 heavy (non-hydrogen) atoms. The highest BCUT2D eigenvalue weighted by Crippen LogP contribution is 2.33. The van der Waals surface area contributed by atoms with Crippen molar-refractivity contribution in [3.8, 4) is 5.75 Å². The van der Waals surface area contributed by atoms with E-state index in [4.69, 9.17) is 10.5 Å². The maximum atomic E-state index is 11.9. The van der Waals surface area contributed by atoms with Gasteiger partial charge < -0.3 is 15.4 Å². The largest absolute Gasteiger partial charge is 0.482 e. The molecule has 0 aliphatic carbocycles. The number of thiol groups is 1. The fourth-order valence-corrected chi connectivity index (χ4v) is 2.19. The normalized spacial score (nSPS) is 14.3. The summed E-state index contributed by atoms with van der Waals surface area (Å²) in [6.07, 6.45) is 1.68. The first-order chi connectivity index (χ1) is 8.76. The Morgan fingerprint density at radius 2 is 2.28 bits per heavy atom. The molecule has 2 rings (SSSR count). The van der Waals surface area contributed by atoms with Crippen LogP contribution in [0.2, 0.25) is 0 Å². The number of nitrogens with zero attached hydrogens (tertiary/aromatic N) is 1. The number of rotatable bonds is 5. The molecule has 98 valence electrons. The van der Waals surface area contributed by atoms with Gasteiger partial charge >= 0.3 is 0 Å². The number of nitrogens with two attached hydrogens (primary N) is 1. The van der Waals surface area contributed by atoms with Crippen LogP contribution < -0.4 is 15.4 Å². The van der Waals surface area contributed by atoms with Crippen LogP contribution in [0.4, 0.5) is 5.69 Å². The highest BCUT2D eigenvalue weighted by molar-refractivity contribution is 7.80. The second-order valence-corrected chi connectivity index (χ2v) is 4.70. The van der Waals surface area contributed by atoms with Crippen LogP contribution in [0.5, 0.6) is 5.75 Å². The van der Waals surface area contributed by atoms with Crippen molar-refractivity contribution in [3.63, 3.8) is 0 Å². The Labute approximate surface area is 113 Å². The molecule has 0 aromatic heterocycles. The Balaban J connectivity index is 2.27. The topological polar surface area (TPSA) is 55.6 Å². The maximum Gasteiger partial charge on any atom is 0.265 e. The van der Waals surface area contributed by atoms with Crippen LogP contribution in [-0.4, -0.2) is 31.4 Å². The van der Waals surface area contributed by atoms with E-state index >= 15 is 0 Å². The second-order valence-electron chi connectivity index (χ2n) is 4.25. The van der Waals surface area contributed by atoms with Crippen molar-refractivity contribution in [1.29, 1.82) is 0 Å². The number of fused-ring (bicyclic) bond motifs is 1. The minimum atomic E-state index is 0.00850. The van der Waals surface area contributed by atoms with E-state index in [2.05, 4.69) is 12.6 Å². The third-order valence-electron chi connectivity index (χ3n) is 2.94. The number of carbonyl (C=O) groups is 1. The van der Waals surface area contributed by atoms with Crippen molar-refractivity contribution in [2.75, 3.05) is 30.3 Å². The maximum absolute atomic E-state index is 11.9. The average molecular weight is 266 g/mol. The Morgan fingerprint density at radius 3 is 3.00 bits per heavy atom. The van der Waals surface area contributed by atoms with E-state index in [1.165, 1.54) is 0 Å². The molecule has 0 saturated heterocycles. The summed E-state index contributed by atoms with van der Waals surface area (Å²) in [5.74, 6) is 1.55. The molecular weight excluding hydrogens is 248 g/mol. The molecule has 1 aliphatic heterocycles. The fraction of sp³-hybridized carbons (Fsp3) is 0.462. The van der Waals surface area contributed by atoms with Gasteiger partial charge in [0, 0.05) is 6.54 Å². The predicted molar refractivity (Wildman–Crippen MR) is 75.5 cm³/mol. The summed E-state index contributed by atoms with van der Waals surface area (Å²) in [7, 11) is 0. The summed E-state index contributed by atoms with van der Waals surface area (Å²) in [6, 6.07) is 5.91. The van der Waals surface area contributed by atoms with Crippen molar-refractivity contribution >= 4 is 24.2 Å². The molecule has 0 unspecified atom stereocenters. The van der Waals surface area contributed by atoms with E-state index in [-0.39, 0.29) is 12.5 Å². The lowest BCUT2D eigenvalue weighted by molar-refractivity contribution is -0.121. The van der Waals surface area contributed by atoms with E-state index in [0.717, 1.165) is 35.6 Å². The molecule has 0 spiro atoms. The number of ether oxygens (including phenoxy) is 1. The first-order valence-corrected chi connectivity index (χ1v) is 6.76. The van der Waals surface area contributed by atoms with Crippen LogP contribution in [0.1, 0.15) is 12.0 Å². The molecule has 0 bridgehead atoms. The molecule has 2 N–H and O–H groups in total. The average Bonchev–Trinajstić information content (AvgIpc) is 2.38. The zero-order valence-electron chi connectivity index (χ0n) is 10.3. The molecule has 1 aromatic carbocycles. The lowest BCUT2D eigenvalue weighted by Gasteiger charge is -2.29. The molecule has 1 aliphatic rings. The quantitative estimate of drug-likeness (QED) is 0.788. The van der Waals surface area contributed by atoms with Gasteiger partial charge in [0.15, 0.2) is 6.61 Å². The van der Waals surface area contributed by atoms with Crippen LogP contribution in [0.3, 0.4) is 0 Å². The first-order valence-electron chi connectivity index (χ1n) is 6.13. The fourth-order valence-electron chi connectivity index (χ4n) is 2.04. The number of carbonyl (C=O) groups excluding carboxylic acids is 1. The number of amides is 1. The summed E-state index contributed by atoms with van der Waals surface area (Å²) in [4.78, 5) is 13.7. The molecule has 0 fully saturated rings. The highest BCUT2D eigenvalue weighted by Gasteiger charge is 2.25. The van der Waals surface area contributed by atoms with Gasteiger partial charge in [-0.15, -0.1) is 0 Å². The first kappa shape index (κ1) is 13.2. The van der Waals surface area contributed by atoms with Gasteiger partial charge in [0.1, 0.15) is 5.75 Å². The third kappa shape index (κ3) is 2.79. The standard InChI is InChI=1S/C13H18N2O2S/c14-5-4-10-2-3-12-11(8-10)15(6-1-7-18)13(16)9-17-12/h2-3,8,18H,1,4-7,9,14H2. The van der Waals surface area contributed by atoms with Gasteiger partial charge in [-0.2, -0.15) is 12.6 Å².